The second-order valence-corrected chi connectivity index (χ2v) is 2.50. The summed E-state index contributed by atoms with van der Waals surface area (Å²) in [5.41, 5.74) is 1.05. The highest BCUT2D eigenvalue weighted by Crippen LogP contribution is 2.03. The van der Waals surface area contributed by atoms with Crippen molar-refractivity contribution in [3.05, 3.63) is 16.6 Å². The number of rotatable bonds is 5. The molecule has 13 heavy (non-hydrogen) atoms. The molecular weight excluding hydrogens is 168 g/mol. The predicted octanol–water partition coefficient (Wildman–Crippen LogP) is 2.10. The van der Waals surface area contributed by atoms with Crippen LogP contribution in [0.15, 0.2) is 21.8 Å². The normalized spacial score (nSPS) is 12.0. The maximum atomic E-state index is 10.5. The predicted molar refractivity (Wildman–Crippen MR) is 52.8 cm³/mol. The van der Waals surface area contributed by atoms with Gasteiger partial charge < -0.3 is 0 Å². The number of hydrogen-bond donors (Lipinski definition) is 0. The van der Waals surface area contributed by atoms with Gasteiger partial charge in [0.2, 0.25) is 0 Å². The summed E-state index contributed by atoms with van der Waals surface area (Å²) in [4.78, 5) is 24.3. The van der Waals surface area contributed by atoms with Crippen LogP contribution in [-0.4, -0.2) is 18.7 Å². The fraction of sp³-hybridized carbons (Fsp3) is 0.556. The summed E-state index contributed by atoms with van der Waals surface area (Å²) in [6.07, 6.45) is 4.36. The first kappa shape index (κ1) is 11.7. The van der Waals surface area contributed by atoms with E-state index < -0.39 is 5.91 Å². The Labute approximate surface area is 77.7 Å². The number of carbonyl (C=O) groups excluding carboxylic acids is 1. The van der Waals surface area contributed by atoms with Gasteiger partial charge in [-0.3, -0.25) is 9.79 Å². The van der Waals surface area contributed by atoms with E-state index in [0.717, 1.165) is 12.0 Å². The molecule has 4 nitrogen and oxygen atoms in total. The van der Waals surface area contributed by atoms with Crippen molar-refractivity contribution in [2.24, 2.45) is 10.2 Å². The SMILES string of the molecule is C/C=N\C/C(=C\CC(=O)N=O)CC. The summed E-state index contributed by atoms with van der Waals surface area (Å²) < 4.78 is 0. The number of carbonyl (C=O) groups is 1. The van der Waals surface area contributed by atoms with Gasteiger partial charge in [-0.1, -0.05) is 18.6 Å². The molecule has 0 aromatic carbocycles. The zero-order valence-corrected chi connectivity index (χ0v) is 7.99. The first-order valence-electron chi connectivity index (χ1n) is 4.23. The molecule has 0 aromatic rings. The van der Waals surface area contributed by atoms with Crippen LogP contribution in [0.4, 0.5) is 0 Å². The fourth-order valence-corrected chi connectivity index (χ4v) is 0.798. The highest BCUT2D eigenvalue weighted by molar-refractivity contribution is 5.78. The average Bonchev–Trinajstić information content (AvgIpc) is 2.17. The van der Waals surface area contributed by atoms with E-state index in [-0.39, 0.29) is 6.42 Å². The van der Waals surface area contributed by atoms with E-state index in [1.54, 1.807) is 12.3 Å². The molecule has 0 heterocycles. The number of amides is 1. The highest BCUT2D eigenvalue weighted by atomic mass is 16.3. The lowest BCUT2D eigenvalue weighted by atomic mass is 10.1. The van der Waals surface area contributed by atoms with E-state index in [1.165, 1.54) is 0 Å². The Kier molecular flexibility index (Phi) is 6.59. The van der Waals surface area contributed by atoms with Gasteiger partial charge in [0, 0.05) is 5.18 Å². The van der Waals surface area contributed by atoms with Crippen LogP contribution in [0, 0.1) is 4.91 Å². The second kappa shape index (κ2) is 7.34. The Balaban J connectivity index is 4.05. The summed E-state index contributed by atoms with van der Waals surface area (Å²) in [6, 6.07) is 0. The van der Waals surface area contributed by atoms with Crippen molar-refractivity contribution in [3.8, 4) is 0 Å². The maximum Gasteiger partial charge on any atom is 0.290 e. The molecule has 4 heteroatoms. The minimum atomic E-state index is -0.633. The van der Waals surface area contributed by atoms with Crippen molar-refractivity contribution < 1.29 is 4.79 Å². The molecule has 0 spiro atoms. The van der Waals surface area contributed by atoms with Crippen LogP contribution in [0.1, 0.15) is 26.7 Å². The quantitative estimate of drug-likeness (QED) is 0.371. The molecule has 0 bridgehead atoms. The lowest BCUT2D eigenvalue weighted by Crippen LogP contribution is -1.92. The molecule has 0 N–H and O–H groups in total. The lowest BCUT2D eigenvalue weighted by Gasteiger charge is -1.97. The summed E-state index contributed by atoms with van der Waals surface area (Å²) in [7, 11) is 0. The monoisotopic (exact) mass is 182 g/mol. The average molecular weight is 182 g/mol. The molecule has 0 atom stereocenters. The molecule has 0 saturated carbocycles. The van der Waals surface area contributed by atoms with Gasteiger partial charge in [0.1, 0.15) is 0 Å². The molecule has 0 fully saturated rings. The van der Waals surface area contributed by atoms with Crippen LogP contribution in [0.5, 0.6) is 0 Å². The first-order valence-corrected chi connectivity index (χ1v) is 4.23. The van der Waals surface area contributed by atoms with Crippen molar-refractivity contribution in [3.63, 3.8) is 0 Å². The van der Waals surface area contributed by atoms with E-state index in [2.05, 4.69) is 10.2 Å². The van der Waals surface area contributed by atoms with E-state index in [9.17, 15) is 9.70 Å². The molecule has 0 rings (SSSR count). The summed E-state index contributed by atoms with van der Waals surface area (Å²) in [6.45, 7) is 4.42. The zero-order chi connectivity index (χ0) is 10.1. The summed E-state index contributed by atoms with van der Waals surface area (Å²) >= 11 is 0. The van der Waals surface area contributed by atoms with Gasteiger partial charge in [0.25, 0.3) is 5.91 Å². The Morgan fingerprint density at radius 2 is 2.15 bits per heavy atom. The standard InChI is InChI=1S/C9H14N2O2/c1-3-8(7-10-4-2)5-6-9(12)11-13/h4-5H,3,6-7H2,1-2H3/b8-5-,10-4-. The molecule has 72 valence electrons. The number of nitroso groups, excluding NO2 is 1. The van der Waals surface area contributed by atoms with Crippen LogP contribution in [0.3, 0.4) is 0 Å². The van der Waals surface area contributed by atoms with Crippen LogP contribution < -0.4 is 0 Å². The Morgan fingerprint density at radius 1 is 1.46 bits per heavy atom. The molecule has 1 amide bonds. The van der Waals surface area contributed by atoms with Gasteiger partial charge in [-0.05, 0) is 19.6 Å². The van der Waals surface area contributed by atoms with Crippen LogP contribution >= 0.6 is 0 Å². The molecular formula is C9H14N2O2. The summed E-state index contributed by atoms with van der Waals surface area (Å²) in [5, 5.41) is 2.30. The number of aliphatic imine (C=N–C) groups is 1. The van der Waals surface area contributed by atoms with Gasteiger partial charge in [-0.25, -0.2) is 0 Å². The topological polar surface area (TPSA) is 58.9 Å². The number of nitrogens with zero attached hydrogens (tertiary/aromatic N) is 2. The van der Waals surface area contributed by atoms with Gasteiger partial charge in [0.05, 0.1) is 13.0 Å². The molecule has 0 aliphatic heterocycles. The van der Waals surface area contributed by atoms with E-state index >= 15 is 0 Å². The van der Waals surface area contributed by atoms with Gasteiger partial charge >= 0.3 is 0 Å². The third-order valence-electron chi connectivity index (χ3n) is 1.60. The second-order valence-electron chi connectivity index (χ2n) is 2.50. The Morgan fingerprint density at radius 3 is 2.62 bits per heavy atom. The van der Waals surface area contributed by atoms with Crippen molar-refractivity contribution in [1.82, 2.24) is 0 Å². The lowest BCUT2D eigenvalue weighted by molar-refractivity contribution is -0.117. The minimum absolute atomic E-state index is 0.0892. The Hall–Kier alpha value is -1.32. The largest absolute Gasteiger partial charge is 0.293 e. The van der Waals surface area contributed by atoms with Crippen molar-refractivity contribution in [2.45, 2.75) is 26.7 Å². The smallest absolute Gasteiger partial charge is 0.290 e. The van der Waals surface area contributed by atoms with Crippen molar-refractivity contribution in [2.75, 3.05) is 6.54 Å². The Bertz CT molecular complexity index is 232. The maximum absolute atomic E-state index is 10.5. The summed E-state index contributed by atoms with van der Waals surface area (Å²) in [5.74, 6) is -0.633. The van der Waals surface area contributed by atoms with Crippen molar-refractivity contribution >= 4 is 12.1 Å². The molecule has 0 unspecified atom stereocenters. The minimum Gasteiger partial charge on any atom is -0.293 e. The van der Waals surface area contributed by atoms with Crippen LogP contribution in [0.2, 0.25) is 0 Å². The van der Waals surface area contributed by atoms with Crippen molar-refractivity contribution in [1.29, 1.82) is 0 Å². The highest BCUT2D eigenvalue weighted by Gasteiger charge is 1.98. The molecule has 0 aliphatic rings. The van der Waals surface area contributed by atoms with E-state index in [4.69, 9.17) is 0 Å². The fourth-order valence-electron chi connectivity index (χ4n) is 0.798. The van der Waals surface area contributed by atoms with Crippen LogP contribution in [0.25, 0.3) is 0 Å². The third kappa shape index (κ3) is 5.90. The molecule has 0 aromatic heterocycles. The van der Waals surface area contributed by atoms with Gasteiger partial charge in [-0.15, -0.1) is 4.91 Å². The van der Waals surface area contributed by atoms with E-state index in [0.29, 0.717) is 6.54 Å². The third-order valence-corrected chi connectivity index (χ3v) is 1.60. The molecule has 0 aliphatic carbocycles. The number of hydrogen-bond acceptors (Lipinski definition) is 3. The zero-order valence-electron chi connectivity index (χ0n) is 7.99. The van der Waals surface area contributed by atoms with E-state index in [1.807, 2.05) is 13.8 Å². The van der Waals surface area contributed by atoms with Gasteiger partial charge in [0.15, 0.2) is 0 Å². The first-order chi connectivity index (χ1) is 6.24. The molecule has 0 saturated heterocycles. The van der Waals surface area contributed by atoms with Crippen LogP contribution in [-0.2, 0) is 4.79 Å². The van der Waals surface area contributed by atoms with Gasteiger partial charge in [-0.2, -0.15) is 0 Å². The molecule has 0 radical (unpaired) electrons.